The molecule has 0 radical (unpaired) electrons. The fourth-order valence-corrected chi connectivity index (χ4v) is 5.01. The molecule has 0 N–H and O–H groups in total. The monoisotopic (exact) mass is 532 g/mol. The number of amides is 1. The number of methoxy groups -OCH3 is 1. The molecule has 200 valence electrons. The smallest absolute Gasteiger partial charge is 0.217 e. The molecule has 9 nitrogen and oxygen atoms in total. The molecule has 40 heavy (non-hydrogen) atoms. The molecular formula is C31H28N6O3. The Labute approximate surface area is 231 Å². The Hall–Kier alpha value is -5.18. The average Bonchev–Trinajstić information content (AvgIpc) is 3.77. The van der Waals surface area contributed by atoms with E-state index < -0.39 is 6.04 Å². The number of carbonyl (C=O) groups excluding carboxylic acids is 1. The molecule has 0 aliphatic rings. The van der Waals surface area contributed by atoms with Crippen LogP contribution in [0.1, 0.15) is 24.5 Å². The van der Waals surface area contributed by atoms with E-state index in [1.54, 1.807) is 30.7 Å². The lowest BCUT2D eigenvalue weighted by Gasteiger charge is -2.26. The number of fused-ring (bicyclic) bond motifs is 1. The number of anilines is 1. The summed E-state index contributed by atoms with van der Waals surface area (Å²) < 4.78 is 15.6. The first-order valence-electron chi connectivity index (χ1n) is 13.0. The molecule has 4 aromatic heterocycles. The molecule has 2 aromatic carbocycles. The normalized spacial score (nSPS) is 11.9. The molecule has 0 aliphatic carbocycles. The van der Waals surface area contributed by atoms with Gasteiger partial charge in [0.25, 0.3) is 0 Å². The molecule has 6 aromatic rings. The number of benzene rings is 2. The van der Waals surface area contributed by atoms with Gasteiger partial charge in [-0.3, -0.25) is 14.7 Å². The minimum atomic E-state index is -0.464. The van der Waals surface area contributed by atoms with Gasteiger partial charge in [0.1, 0.15) is 23.2 Å². The molecule has 4 heterocycles. The van der Waals surface area contributed by atoms with Gasteiger partial charge in [0.05, 0.1) is 25.3 Å². The number of hydrogen-bond donors (Lipinski definition) is 0. The van der Waals surface area contributed by atoms with E-state index in [4.69, 9.17) is 14.1 Å². The van der Waals surface area contributed by atoms with Gasteiger partial charge in [-0.1, -0.05) is 18.2 Å². The Balaban J connectivity index is 1.42. The molecule has 1 atom stereocenters. The number of aromatic nitrogens is 5. The highest BCUT2D eigenvalue weighted by molar-refractivity contribution is 5.86. The number of rotatable bonds is 10. The lowest BCUT2D eigenvalue weighted by Crippen LogP contribution is -2.31. The van der Waals surface area contributed by atoms with Crippen molar-refractivity contribution in [2.24, 2.45) is 0 Å². The number of ether oxygens (including phenoxy) is 1. The van der Waals surface area contributed by atoms with Crippen LogP contribution in [0.2, 0.25) is 0 Å². The van der Waals surface area contributed by atoms with Crippen molar-refractivity contribution in [3.8, 4) is 22.7 Å². The maximum atomic E-state index is 12.7. The first kappa shape index (κ1) is 25.1. The van der Waals surface area contributed by atoms with Crippen LogP contribution >= 0.6 is 0 Å². The first-order chi connectivity index (χ1) is 19.7. The number of pyridine rings is 1. The van der Waals surface area contributed by atoms with Crippen molar-refractivity contribution in [1.82, 2.24) is 24.1 Å². The molecule has 0 unspecified atom stereocenters. The van der Waals surface area contributed by atoms with E-state index in [9.17, 15) is 4.79 Å². The van der Waals surface area contributed by atoms with E-state index in [0.717, 1.165) is 40.3 Å². The quantitative estimate of drug-likeness (QED) is 0.206. The molecule has 1 amide bonds. The number of imidazole rings is 2. The summed E-state index contributed by atoms with van der Waals surface area (Å²) in [5.74, 6) is 1.89. The zero-order valence-corrected chi connectivity index (χ0v) is 22.2. The molecule has 0 saturated heterocycles. The molecule has 0 saturated carbocycles. The van der Waals surface area contributed by atoms with Crippen LogP contribution in [0.3, 0.4) is 0 Å². The summed E-state index contributed by atoms with van der Waals surface area (Å²) in [5.41, 5.74) is 4.51. The number of hydrogen-bond acceptors (Lipinski definition) is 6. The van der Waals surface area contributed by atoms with Gasteiger partial charge in [-0.15, -0.1) is 0 Å². The maximum absolute atomic E-state index is 12.7. The summed E-state index contributed by atoms with van der Waals surface area (Å²) in [4.78, 5) is 27.9. The van der Waals surface area contributed by atoms with Crippen molar-refractivity contribution in [2.45, 2.75) is 25.9 Å². The molecule has 0 spiro atoms. The highest BCUT2D eigenvalue weighted by Crippen LogP contribution is 2.35. The molecule has 0 fully saturated rings. The van der Waals surface area contributed by atoms with Gasteiger partial charge >= 0.3 is 0 Å². The van der Waals surface area contributed by atoms with Crippen LogP contribution in [0.5, 0.6) is 5.75 Å². The van der Waals surface area contributed by atoms with Crippen LogP contribution in [-0.4, -0.2) is 37.6 Å². The third-order valence-electron chi connectivity index (χ3n) is 7.01. The van der Waals surface area contributed by atoms with E-state index in [1.165, 1.54) is 0 Å². The highest BCUT2D eigenvalue weighted by atomic mass is 16.5. The Bertz CT molecular complexity index is 1720. The third kappa shape index (κ3) is 4.73. The maximum Gasteiger partial charge on any atom is 0.217 e. The second-order valence-corrected chi connectivity index (χ2v) is 9.30. The highest BCUT2D eigenvalue weighted by Gasteiger charge is 2.29. The van der Waals surface area contributed by atoms with Crippen LogP contribution in [-0.2, 0) is 17.8 Å². The van der Waals surface area contributed by atoms with Crippen molar-refractivity contribution in [1.29, 1.82) is 0 Å². The Morgan fingerprint density at radius 3 is 2.62 bits per heavy atom. The van der Waals surface area contributed by atoms with Gasteiger partial charge < -0.3 is 18.3 Å². The average molecular weight is 533 g/mol. The summed E-state index contributed by atoms with van der Waals surface area (Å²) in [6, 6.07) is 21.0. The van der Waals surface area contributed by atoms with Gasteiger partial charge in [-0.2, -0.15) is 0 Å². The topological polar surface area (TPSA) is 91.2 Å². The molecular weight excluding hydrogens is 504 g/mol. The minimum absolute atomic E-state index is 0.427. The van der Waals surface area contributed by atoms with Gasteiger partial charge in [0, 0.05) is 54.4 Å². The summed E-state index contributed by atoms with van der Waals surface area (Å²) in [6.45, 7) is 2.74. The van der Waals surface area contributed by atoms with E-state index >= 15 is 0 Å². The van der Waals surface area contributed by atoms with Crippen LogP contribution in [0, 0.1) is 0 Å². The standard InChI is InChI=1S/C31H28N6O3/c1-3-36-28(22-7-9-25(10-8-22)35-15-14-32-20-35)19-34-31(36)27(18-24-6-4-5-13-33-24)37(21-38)30-17-23-16-26(39-2)11-12-29(23)40-30/h4-17,19-21,27H,3,18H2,1-2H3/t27-/m0/s1. The van der Waals surface area contributed by atoms with Crippen LogP contribution in [0.4, 0.5) is 5.88 Å². The van der Waals surface area contributed by atoms with E-state index in [-0.39, 0.29) is 0 Å². The molecule has 6 rings (SSSR count). The first-order valence-corrected chi connectivity index (χ1v) is 13.0. The SMILES string of the molecule is CCn1c(-c2ccc(-n3ccnc3)cc2)cnc1[C@H](Cc1ccccn1)N(C=O)c1cc2cc(OC)ccc2o1. The van der Waals surface area contributed by atoms with Crippen molar-refractivity contribution in [3.05, 3.63) is 109 Å². The van der Waals surface area contributed by atoms with Crippen molar-refractivity contribution >= 4 is 23.3 Å². The van der Waals surface area contributed by atoms with E-state index in [1.807, 2.05) is 59.4 Å². The van der Waals surface area contributed by atoms with Crippen molar-refractivity contribution in [2.75, 3.05) is 12.0 Å². The van der Waals surface area contributed by atoms with Crippen molar-refractivity contribution < 1.29 is 13.9 Å². The number of furan rings is 1. The number of carbonyl (C=O) groups is 1. The van der Waals surface area contributed by atoms with Gasteiger partial charge in [-0.05, 0) is 55.0 Å². The summed E-state index contributed by atoms with van der Waals surface area (Å²) in [6.07, 6.45) is 10.3. The van der Waals surface area contributed by atoms with Crippen LogP contribution < -0.4 is 9.64 Å². The Morgan fingerprint density at radius 2 is 1.93 bits per heavy atom. The van der Waals surface area contributed by atoms with Gasteiger partial charge in [0.2, 0.25) is 12.3 Å². The lowest BCUT2D eigenvalue weighted by atomic mass is 10.1. The van der Waals surface area contributed by atoms with Crippen LogP contribution in [0.15, 0.2) is 102 Å². The second-order valence-electron chi connectivity index (χ2n) is 9.30. The predicted octanol–water partition coefficient (Wildman–Crippen LogP) is 5.85. The Morgan fingerprint density at radius 1 is 1.05 bits per heavy atom. The van der Waals surface area contributed by atoms with E-state index in [2.05, 4.69) is 45.7 Å². The Kier molecular flexibility index (Phi) is 6.84. The molecule has 9 heteroatoms. The molecule has 0 aliphatic heterocycles. The van der Waals surface area contributed by atoms with Crippen LogP contribution in [0.25, 0.3) is 27.9 Å². The zero-order chi connectivity index (χ0) is 27.5. The van der Waals surface area contributed by atoms with E-state index in [0.29, 0.717) is 30.2 Å². The fourth-order valence-electron chi connectivity index (χ4n) is 5.01. The summed E-state index contributed by atoms with van der Waals surface area (Å²) in [5, 5.41) is 0.843. The second kappa shape index (κ2) is 10.9. The minimum Gasteiger partial charge on any atom is -0.497 e. The third-order valence-corrected chi connectivity index (χ3v) is 7.01. The van der Waals surface area contributed by atoms with Gasteiger partial charge in [0.15, 0.2) is 0 Å². The zero-order valence-electron chi connectivity index (χ0n) is 22.2. The molecule has 0 bridgehead atoms. The predicted molar refractivity (Wildman–Crippen MR) is 152 cm³/mol. The van der Waals surface area contributed by atoms with Gasteiger partial charge in [-0.25, -0.2) is 9.97 Å². The van der Waals surface area contributed by atoms with Crippen molar-refractivity contribution in [3.63, 3.8) is 0 Å². The summed E-state index contributed by atoms with van der Waals surface area (Å²) >= 11 is 0. The summed E-state index contributed by atoms with van der Waals surface area (Å²) in [7, 11) is 1.62. The largest absolute Gasteiger partial charge is 0.497 e. The lowest BCUT2D eigenvalue weighted by molar-refractivity contribution is -0.108. The number of nitrogens with zero attached hydrogens (tertiary/aromatic N) is 6. The fraction of sp³-hybridized carbons (Fsp3) is 0.161.